The minimum Gasteiger partial charge on any atom is -0.455 e. The zero-order chi connectivity index (χ0) is 25.8. The molecule has 2 aromatic heterocycles. The van der Waals surface area contributed by atoms with Crippen LogP contribution in [0.25, 0.3) is 0 Å². The fourth-order valence-corrected chi connectivity index (χ4v) is 4.92. The lowest BCUT2D eigenvalue weighted by molar-refractivity contribution is -0.129. The molecule has 194 valence electrons. The van der Waals surface area contributed by atoms with Crippen molar-refractivity contribution in [1.82, 2.24) is 20.2 Å². The number of aromatic nitrogens is 2. The van der Waals surface area contributed by atoms with E-state index >= 15 is 0 Å². The molecule has 3 aromatic rings. The molecule has 0 bridgehead atoms. The first-order valence-electron chi connectivity index (χ1n) is 12.2. The molecule has 10 nitrogen and oxygen atoms in total. The first kappa shape index (κ1) is 24.9. The molecule has 2 aliphatic rings. The molecule has 0 saturated carbocycles. The smallest absolute Gasteiger partial charge is 0.287 e. The number of thioether (sulfide) groups is 1. The molecule has 0 unspecified atom stereocenters. The Morgan fingerprint density at radius 1 is 1.03 bits per heavy atom. The summed E-state index contributed by atoms with van der Waals surface area (Å²) < 4.78 is 16.5. The number of rotatable bonds is 8. The number of aryl methyl sites for hydroxylation is 1. The standard InChI is InChI=1S/C26H29N5O5S/c1-3-19-13-24(31-10-8-30(9-11-31)17(2)32)29-26(28-19)37-15-20-5-7-22(36-20)25(33)27-14-18-4-6-21-23(12-18)35-16-34-21/h4-7,12-13H,3,8-11,14-16H2,1-2H3,(H,27,33). The third-order valence-corrected chi connectivity index (χ3v) is 7.15. The van der Waals surface area contributed by atoms with Crippen LogP contribution < -0.4 is 19.7 Å². The summed E-state index contributed by atoms with van der Waals surface area (Å²) in [4.78, 5) is 37.7. The number of anilines is 1. The van der Waals surface area contributed by atoms with Crippen molar-refractivity contribution < 1.29 is 23.5 Å². The number of carbonyl (C=O) groups is 2. The Kier molecular flexibility index (Phi) is 7.50. The molecule has 0 aliphatic carbocycles. The normalized spacial score (nSPS) is 14.6. The number of furan rings is 1. The van der Waals surface area contributed by atoms with Gasteiger partial charge in [-0.2, -0.15) is 0 Å². The highest BCUT2D eigenvalue weighted by Crippen LogP contribution is 2.32. The molecule has 0 spiro atoms. The monoisotopic (exact) mass is 523 g/mol. The van der Waals surface area contributed by atoms with Gasteiger partial charge in [0.2, 0.25) is 12.7 Å². The SMILES string of the molecule is CCc1cc(N2CCN(C(C)=O)CC2)nc(SCc2ccc(C(=O)NCc3ccc4c(c3)OCO4)o2)n1. The maximum absolute atomic E-state index is 12.6. The largest absolute Gasteiger partial charge is 0.455 e. The van der Waals surface area contributed by atoms with Gasteiger partial charge in [-0.25, -0.2) is 9.97 Å². The molecular formula is C26H29N5O5S. The Morgan fingerprint density at radius 3 is 2.62 bits per heavy atom. The Morgan fingerprint density at radius 2 is 1.84 bits per heavy atom. The van der Waals surface area contributed by atoms with E-state index in [9.17, 15) is 9.59 Å². The summed E-state index contributed by atoms with van der Waals surface area (Å²) in [5.74, 6) is 3.50. The maximum Gasteiger partial charge on any atom is 0.287 e. The van der Waals surface area contributed by atoms with E-state index in [2.05, 4.69) is 22.1 Å². The van der Waals surface area contributed by atoms with E-state index < -0.39 is 0 Å². The van der Waals surface area contributed by atoms with Crippen molar-refractivity contribution in [3.05, 3.63) is 59.2 Å². The van der Waals surface area contributed by atoms with Crippen molar-refractivity contribution in [3.63, 3.8) is 0 Å². The van der Waals surface area contributed by atoms with E-state index in [1.165, 1.54) is 11.8 Å². The first-order valence-corrected chi connectivity index (χ1v) is 13.2. The van der Waals surface area contributed by atoms with Gasteiger partial charge in [0.15, 0.2) is 22.4 Å². The van der Waals surface area contributed by atoms with Crippen molar-refractivity contribution in [3.8, 4) is 11.5 Å². The highest BCUT2D eigenvalue weighted by molar-refractivity contribution is 7.98. The molecule has 5 rings (SSSR count). The Bertz CT molecular complexity index is 1290. The maximum atomic E-state index is 12.6. The summed E-state index contributed by atoms with van der Waals surface area (Å²) >= 11 is 1.47. The zero-order valence-corrected chi connectivity index (χ0v) is 21.7. The van der Waals surface area contributed by atoms with Gasteiger partial charge in [-0.1, -0.05) is 24.8 Å². The van der Waals surface area contributed by atoms with Crippen LogP contribution in [-0.4, -0.2) is 59.7 Å². The van der Waals surface area contributed by atoms with Gasteiger partial charge < -0.3 is 29.0 Å². The summed E-state index contributed by atoms with van der Waals surface area (Å²) in [7, 11) is 0. The van der Waals surface area contributed by atoms with Gasteiger partial charge in [-0.15, -0.1) is 0 Å². The summed E-state index contributed by atoms with van der Waals surface area (Å²) in [6, 6.07) is 11.1. The molecule has 4 heterocycles. The van der Waals surface area contributed by atoms with E-state index in [1.807, 2.05) is 29.2 Å². The third-order valence-electron chi connectivity index (χ3n) is 6.28. The second-order valence-electron chi connectivity index (χ2n) is 8.77. The highest BCUT2D eigenvalue weighted by Gasteiger charge is 2.21. The molecular weight excluding hydrogens is 494 g/mol. The van der Waals surface area contributed by atoms with Crippen molar-refractivity contribution in [2.75, 3.05) is 37.9 Å². The van der Waals surface area contributed by atoms with Crippen LogP contribution in [0.2, 0.25) is 0 Å². The number of hydrogen-bond acceptors (Lipinski definition) is 9. The van der Waals surface area contributed by atoms with Gasteiger partial charge in [0.05, 0.1) is 5.75 Å². The number of piperazine rings is 1. The molecule has 11 heteroatoms. The Balaban J connectivity index is 1.17. The average Bonchev–Trinajstić information content (AvgIpc) is 3.60. The fourth-order valence-electron chi connectivity index (χ4n) is 4.15. The van der Waals surface area contributed by atoms with E-state index in [0.717, 1.165) is 36.6 Å². The summed E-state index contributed by atoms with van der Waals surface area (Å²) in [6.07, 6.45) is 0.797. The molecule has 0 radical (unpaired) electrons. The van der Waals surface area contributed by atoms with Crippen LogP contribution in [-0.2, 0) is 23.5 Å². The van der Waals surface area contributed by atoms with Crippen molar-refractivity contribution in [1.29, 1.82) is 0 Å². The number of ether oxygens (including phenoxy) is 2. The van der Waals surface area contributed by atoms with Crippen LogP contribution in [0.5, 0.6) is 11.5 Å². The highest BCUT2D eigenvalue weighted by atomic mass is 32.2. The number of amides is 2. The quantitative estimate of drug-likeness (QED) is 0.351. The van der Waals surface area contributed by atoms with Gasteiger partial charge in [-0.05, 0) is 36.2 Å². The fraction of sp³-hybridized carbons (Fsp3) is 0.385. The number of nitrogens with zero attached hydrogens (tertiary/aromatic N) is 4. The van der Waals surface area contributed by atoms with Crippen molar-refractivity contribution in [2.24, 2.45) is 0 Å². The number of benzene rings is 1. The van der Waals surface area contributed by atoms with Crippen LogP contribution in [0.3, 0.4) is 0 Å². The van der Waals surface area contributed by atoms with Crippen LogP contribution in [0.4, 0.5) is 5.82 Å². The molecule has 2 aliphatic heterocycles. The van der Waals surface area contributed by atoms with E-state index in [-0.39, 0.29) is 24.4 Å². The second kappa shape index (κ2) is 11.1. The Labute approximate surface area is 219 Å². The number of fused-ring (bicyclic) bond motifs is 1. The van der Waals surface area contributed by atoms with Crippen LogP contribution in [0.15, 0.2) is 46.0 Å². The first-order chi connectivity index (χ1) is 18.0. The van der Waals surface area contributed by atoms with E-state index in [0.29, 0.717) is 47.8 Å². The third kappa shape index (κ3) is 5.99. The summed E-state index contributed by atoms with van der Waals surface area (Å²) in [6.45, 7) is 7.10. The summed E-state index contributed by atoms with van der Waals surface area (Å²) in [5, 5.41) is 3.53. The molecule has 2 amide bonds. The summed E-state index contributed by atoms with van der Waals surface area (Å²) in [5.41, 5.74) is 1.87. The van der Waals surface area contributed by atoms with E-state index in [4.69, 9.17) is 18.9 Å². The van der Waals surface area contributed by atoms with Crippen LogP contribution in [0, 0.1) is 0 Å². The number of hydrogen-bond donors (Lipinski definition) is 1. The van der Waals surface area contributed by atoms with Gasteiger partial charge >= 0.3 is 0 Å². The topological polar surface area (TPSA) is 110 Å². The van der Waals surface area contributed by atoms with Crippen LogP contribution in [0.1, 0.15) is 41.4 Å². The predicted octanol–water partition coefficient (Wildman–Crippen LogP) is 3.25. The number of carbonyl (C=O) groups excluding carboxylic acids is 2. The van der Waals surface area contributed by atoms with Gasteiger partial charge in [0.25, 0.3) is 5.91 Å². The lowest BCUT2D eigenvalue weighted by Crippen LogP contribution is -2.48. The van der Waals surface area contributed by atoms with Crippen LogP contribution >= 0.6 is 11.8 Å². The minimum absolute atomic E-state index is 0.104. The predicted molar refractivity (Wildman–Crippen MR) is 138 cm³/mol. The van der Waals surface area contributed by atoms with Crippen molar-refractivity contribution in [2.45, 2.75) is 37.7 Å². The zero-order valence-electron chi connectivity index (χ0n) is 20.9. The minimum atomic E-state index is -0.287. The molecule has 1 fully saturated rings. The average molecular weight is 524 g/mol. The lowest BCUT2D eigenvalue weighted by Gasteiger charge is -2.35. The molecule has 37 heavy (non-hydrogen) atoms. The molecule has 0 atom stereocenters. The Hall–Kier alpha value is -3.73. The van der Waals surface area contributed by atoms with Gasteiger partial charge in [0, 0.05) is 51.4 Å². The number of nitrogens with one attached hydrogen (secondary N) is 1. The van der Waals surface area contributed by atoms with Gasteiger partial charge in [0.1, 0.15) is 11.6 Å². The molecule has 1 N–H and O–H groups in total. The van der Waals surface area contributed by atoms with Crippen molar-refractivity contribution >= 4 is 29.4 Å². The lowest BCUT2D eigenvalue weighted by atomic mass is 10.2. The van der Waals surface area contributed by atoms with Gasteiger partial charge in [-0.3, -0.25) is 9.59 Å². The molecule has 1 saturated heterocycles. The molecule has 1 aromatic carbocycles. The van der Waals surface area contributed by atoms with E-state index in [1.54, 1.807) is 19.1 Å². The second-order valence-corrected chi connectivity index (χ2v) is 9.71.